The molecule has 0 fully saturated rings. The molecule has 0 saturated carbocycles. The SMILES string of the molecule is Cc1cccc2nc(CN)ccc12. The maximum absolute atomic E-state index is 5.52. The predicted molar refractivity (Wildman–Crippen MR) is 54.4 cm³/mol. The molecule has 0 unspecified atom stereocenters. The zero-order valence-electron chi connectivity index (χ0n) is 7.62. The van der Waals surface area contributed by atoms with Crippen molar-refractivity contribution in [3.05, 3.63) is 41.6 Å². The molecule has 0 radical (unpaired) electrons. The Bertz CT molecular complexity index is 435. The molecule has 2 rings (SSSR count). The second kappa shape index (κ2) is 3.15. The number of hydrogen-bond acceptors (Lipinski definition) is 2. The van der Waals surface area contributed by atoms with E-state index in [0.29, 0.717) is 6.54 Å². The molecule has 0 aliphatic rings. The zero-order valence-corrected chi connectivity index (χ0v) is 7.62. The maximum Gasteiger partial charge on any atom is 0.0708 e. The van der Waals surface area contributed by atoms with Crippen LogP contribution in [0.15, 0.2) is 30.3 Å². The van der Waals surface area contributed by atoms with Crippen LogP contribution >= 0.6 is 0 Å². The molecule has 66 valence electrons. The number of nitrogens with zero attached hydrogens (tertiary/aromatic N) is 1. The molecule has 1 aromatic heterocycles. The molecule has 0 spiro atoms. The molecule has 0 saturated heterocycles. The van der Waals surface area contributed by atoms with E-state index in [1.54, 1.807) is 0 Å². The second-order valence-corrected chi connectivity index (χ2v) is 3.15. The molecule has 0 atom stereocenters. The molecule has 2 N–H and O–H groups in total. The third-order valence-corrected chi connectivity index (χ3v) is 2.22. The van der Waals surface area contributed by atoms with Crippen LogP contribution in [-0.4, -0.2) is 4.98 Å². The van der Waals surface area contributed by atoms with Crippen molar-refractivity contribution in [2.45, 2.75) is 13.5 Å². The van der Waals surface area contributed by atoms with Crippen molar-refractivity contribution in [2.24, 2.45) is 5.73 Å². The average molecular weight is 172 g/mol. The van der Waals surface area contributed by atoms with Gasteiger partial charge < -0.3 is 5.73 Å². The van der Waals surface area contributed by atoms with E-state index in [0.717, 1.165) is 11.2 Å². The largest absolute Gasteiger partial charge is 0.325 e. The zero-order chi connectivity index (χ0) is 9.26. The van der Waals surface area contributed by atoms with Crippen LogP contribution in [0.1, 0.15) is 11.3 Å². The number of aryl methyl sites for hydroxylation is 1. The topological polar surface area (TPSA) is 38.9 Å². The Morgan fingerprint density at radius 1 is 1.23 bits per heavy atom. The van der Waals surface area contributed by atoms with Gasteiger partial charge in [0.05, 0.1) is 11.2 Å². The number of pyridine rings is 1. The second-order valence-electron chi connectivity index (χ2n) is 3.15. The van der Waals surface area contributed by atoms with E-state index in [9.17, 15) is 0 Å². The Labute approximate surface area is 77.4 Å². The third kappa shape index (κ3) is 1.40. The average Bonchev–Trinajstić information content (AvgIpc) is 2.18. The Morgan fingerprint density at radius 2 is 2.08 bits per heavy atom. The lowest BCUT2D eigenvalue weighted by Gasteiger charge is -2.02. The van der Waals surface area contributed by atoms with Gasteiger partial charge in [0.25, 0.3) is 0 Å². The van der Waals surface area contributed by atoms with Gasteiger partial charge in [-0.3, -0.25) is 4.98 Å². The summed E-state index contributed by atoms with van der Waals surface area (Å²) < 4.78 is 0. The van der Waals surface area contributed by atoms with Crippen LogP contribution in [-0.2, 0) is 6.54 Å². The summed E-state index contributed by atoms with van der Waals surface area (Å²) in [6, 6.07) is 10.2. The van der Waals surface area contributed by atoms with Gasteiger partial charge in [0.1, 0.15) is 0 Å². The van der Waals surface area contributed by atoms with E-state index in [1.807, 2.05) is 18.2 Å². The molecule has 2 heteroatoms. The highest BCUT2D eigenvalue weighted by Gasteiger charge is 1.98. The van der Waals surface area contributed by atoms with Gasteiger partial charge in [-0.1, -0.05) is 18.2 Å². The quantitative estimate of drug-likeness (QED) is 0.714. The van der Waals surface area contributed by atoms with Crippen LogP contribution in [0.4, 0.5) is 0 Å². The summed E-state index contributed by atoms with van der Waals surface area (Å²) in [5.74, 6) is 0. The highest BCUT2D eigenvalue weighted by molar-refractivity contribution is 5.81. The first-order valence-electron chi connectivity index (χ1n) is 4.36. The molecule has 0 aliphatic heterocycles. The van der Waals surface area contributed by atoms with E-state index in [1.165, 1.54) is 10.9 Å². The lowest BCUT2D eigenvalue weighted by Crippen LogP contribution is -1.99. The summed E-state index contributed by atoms with van der Waals surface area (Å²) in [6.45, 7) is 2.59. The van der Waals surface area contributed by atoms with E-state index < -0.39 is 0 Å². The van der Waals surface area contributed by atoms with Gasteiger partial charge in [0.15, 0.2) is 0 Å². The van der Waals surface area contributed by atoms with Gasteiger partial charge in [-0.05, 0) is 24.6 Å². The fraction of sp³-hybridized carbons (Fsp3) is 0.182. The molecule has 2 aromatic rings. The van der Waals surface area contributed by atoms with E-state index >= 15 is 0 Å². The Balaban J connectivity index is 2.72. The smallest absolute Gasteiger partial charge is 0.0708 e. The first kappa shape index (κ1) is 8.20. The number of benzene rings is 1. The van der Waals surface area contributed by atoms with E-state index in [-0.39, 0.29) is 0 Å². The van der Waals surface area contributed by atoms with Gasteiger partial charge in [0, 0.05) is 11.9 Å². The van der Waals surface area contributed by atoms with Gasteiger partial charge >= 0.3 is 0 Å². The van der Waals surface area contributed by atoms with Gasteiger partial charge in [-0.15, -0.1) is 0 Å². The Morgan fingerprint density at radius 3 is 2.85 bits per heavy atom. The van der Waals surface area contributed by atoms with Gasteiger partial charge in [0.2, 0.25) is 0 Å². The molecular formula is C11H12N2. The van der Waals surface area contributed by atoms with Crippen LogP contribution in [0.25, 0.3) is 10.9 Å². The number of fused-ring (bicyclic) bond motifs is 1. The van der Waals surface area contributed by atoms with Crippen molar-refractivity contribution in [3.63, 3.8) is 0 Å². The van der Waals surface area contributed by atoms with Crippen LogP contribution in [0.5, 0.6) is 0 Å². The minimum atomic E-state index is 0.504. The first-order valence-corrected chi connectivity index (χ1v) is 4.36. The van der Waals surface area contributed by atoms with Gasteiger partial charge in [-0.25, -0.2) is 0 Å². The standard InChI is InChI=1S/C11H12N2/c1-8-3-2-4-11-10(8)6-5-9(7-12)13-11/h2-6H,7,12H2,1H3. The molecule has 1 aromatic carbocycles. The van der Waals surface area contributed by atoms with Crippen LogP contribution in [0, 0.1) is 6.92 Å². The Hall–Kier alpha value is -1.41. The highest BCUT2D eigenvalue weighted by atomic mass is 14.7. The van der Waals surface area contributed by atoms with Crippen molar-refractivity contribution in [1.29, 1.82) is 0 Å². The fourth-order valence-corrected chi connectivity index (χ4v) is 1.46. The number of hydrogen-bond donors (Lipinski definition) is 1. The number of aromatic nitrogens is 1. The van der Waals surface area contributed by atoms with Crippen LogP contribution in [0.3, 0.4) is 0 Å². The monoisotopic (exact) mass is 172 g/mol. The molecule has 0 aliphatic carbocycles. The highest BCUT2D eigenvalue weighted by Crippen LogP contribution is 2.16. The summed E-state index contributed by atoms with van der Waals surface area (Å²) in [6.07, 6.45) is 0. The van der Waals surface area contributed by atoms with Crippen LogP contribution in [0.2, 0.25) is 0 Å². The molecule has 13 heavy (non-hydrogen) atoms. The van der Waals surface area contributed by atoms with Gasteiger partial charge in [-0.2, -0.15) is 0 Å². The van der Waals surface area contributed by atoms with Crippen molar-refractivity contribution < 1.29 is 0 Å². The summed E-state index contributed by atoms with van der Waals surface area (Å²) in [4.78, 5) is 4.43. The minimum absolute atomic E-state index is 0.504. The number of rotatable bonds is 1. The van der Waals surface area contributed by atoms with Crippen molar-refractivity contribution in [3.8, 4) is 0 Å². The van der Waals surface area contributed by atoms with Crippen molar-refractivity contribution in [1.82, 2.24) is 4.98 Å². The van der Waals surface area contributed by atoms with Crippen molar-refractivity contribution in [2.75, 3.05) is 0 Å². The minimum Gasteiger partial charge on any atom is -0.325 e. The van der Waals surface area contributed by atoms with E-state index in [4.69, 9.17) is 5.73 Å². The lowest BCUT2D eigenvalue weighted by molar-refractivity contribution is 1.01. The van der Waals surface area contributed by atoms with Crippen LogP contribution < -0.4 is 5.73 Å². The molecule has 1 heterocycles. The fourth-order valence-electron chi connectivity index (χ4n) is 1.46. The van der Waals surface area contributed by atoms with E-state index in [2.05, 4.69) is 24.0 Å². The molecule has 0 amide bonds. The maximum atomic E-state index is 5.52. The summed E-state index contributed by atoms with van der Waals surface area (Å²) in [5.41, 5.74) is 8.75. The summed E-state index contributed by atoms with van der Waals surface area (Å²) >= 11 is 0. The first-order chi connectivity index (χ1) is 6.31. The van der Waals surface area contributed by atoms with Crippen molar-refractivity contribution >= 4 is 10.9 Å². The summed E-state index contributed by atoms with van der Waals surface area (Å²) in [7, 11) is 0. The molecular weight excluding hydrogens is 160 g/mol. The predicted octanol–water partition coefficient (Wildman–Crippen LogP) is 2.00. The number of nitrogens with two attached hydrogens (primary N) is 1. The third-order valence-electron chi connectivity index (χ3n) is 2.22. The normalized spacial score (nSPS) is 10.6. The summed E-state index contributed by atoms with van der Waals surface area (Å²) in [5, 5.41) is 1.21. The molecule has 0 bridgehead atoms. The molecule has 2 nitrogen and oxygen atoms in total. The lowest BCUT2D eigenvalue weighted by atomic mass is 10.1. The Kier molecular flexibility index (Phi) is 1.99.